The van der Waals surface area contributed by atoms with Crippen LogP contribution in [0.4, 0.5) is 4.39 Å². The van der Waals surface area contributed by atoms with Crippen molar-refractivity contribution in [3.8, 4) is 0 Å². The zero-order valence-corrected chi connectivity index (χ0v) is 8.31. The molecule has 0 heterocycles. The molecular weight excluding hydrogens is 189 g/mol. The van der Waals surface area contributed by atoms with Crippen molar-refractivity contribution in [1.29, 1.82) is 0 Å². The van der Waals surface area contributed by atoms with Gasteiger partial charge in [0.2, 0.25) is 0 Å². The monoisotopic (exact) mass is 201 g/mol. The van der Waals surface area contributed by atoms with E-state index in [9.17, 15) is 4.39 Å². The summed E-state index contributed by atoms with van der Waals surface area (Å²) in [6.07, 6.45) is 0.599. The Kier molecular flexibility index (Phi) is 3.70. The molecule has 1 aromatic rings. The highest BCUT2D eigenvalue weighted by Crippen LogP contribution is 2.21. The fourth-order valence-electron chi connectivity index (χ4n) is 1.16. The van der Waals surface area contributed by atoms with E-state index in [1.54, 1.807) is 12.1 Å². The lowest BCUT2D eigenvalue weighted by Gasteiger charge is -2.10. The van der Waals surface area contributed by atoms with E-state index < -0.39 is 0 Å². The summed E-state index contributed by atoms with van der Waals surface area (Å²) in [6.45, 7) is 2.52. The number of benzene rings is 1. The van der Waals surface area contributed by atoms with Gasteiger partial charge in [0.05, 0.1) is 0 Å². The van der Waals surface area contributed by atoms with Crippen molar-refractivity contribution >= 4 is 11.6 Å². The number of hydrogen-bond acceptors (Lipinski definition) is 1. The van der Waals surface area contributed by atoms with Crippen molar-refractivity contribution in [2.45, 2.75) is 13.3 Å². The summed E-state index contributed by atoms with van der Waals surface area (Å²) in [5.41, 5.74) is 6.03. The van der Waals surface area contributed by atoms with Gasteiger partial charge in [-0.25, -0.2) is 4.39 Å². The third kappa shape index (κ3) is 2.68. The van der Waals surface area contributed by atoms with Crippen molar-refractivity contribution in [3.63, 3.8) is 0 Å². The summed E-state index contributed by atoms with van der Waals surface area (Å²) >= 11 is 5.85. The summed E-state index contributed by atoms with van der Waals surface area (Å²) in [5.74, 6) is 0.0159. The minimum atomic E-state index is -0.243. The smallest absolute Gasteiger partial charge is 0.127 e. The highest BCUT2D eigenvalue weighted by molar-refractivity contribution is 6.31. The molecule has 2 N–H and O–H groups in total. The molecule has 1 nitrogen and oxygen atoms in total. The second-order valence-electron chi connectivity index (χ2n) is 3.25. The quantitative estimate of drug-likeness (QED) is 0.800. The first-order valence-electron chi connectivity index (χ1n) is 4.28. The van der Waals surface area contributed by atoms with Crippen LogP contribution < -0.4 is 5.73 Å². The minimum absolute atomic E-state index is 0.243. The van der Waals surface area contributed by atoms with E-state index in [4.69, 9.17) is 17.3 Å². The average Bonchev–Trinajstić information content (AvgIpc) is 2.11. The molecule has 0 aliphatic rings. The van der Waals surface area contributed by atoms with Gasteiger partial charge in [0.15, 0.2) is 0 Å². The van der Waals surface area contributed by atoms with Crippen molar-refractivity contribution in [2.24, 2.45) is 11.7 Å². The first kappa shape index (κ1) is 10.5. The van der Waals surface area contributed by atoms with Gasteiger partial charge in [-0.05, 0) is 31.0 Å². The highest BCUT2D eigenvalue weighted by atomic mass is 35.5. The van der Waals surface area contributed by atoms with Crippen LogP contribution in [0, 0.1) is 11.7 Å². The lowest BCUT2D eigenvalue weighted by molar-refractivity contribution is 0.552. The van der Waals surface area contributed by atoms with Crippen LogP contribution in [-0.2, 0) is 6.42 Å². The standard InChI is InChI=1S/C10H13ClFN/c1-7(6-13)5-8-9(11)3-2-4-10(8)12/h2-4,7H,5-6,13H2,1H3. The molecule has 1 rings (SSSR count). The van der Waals surface area contributed by atoms with Crippen LogP contribution in [0.5, 0.6) is 0 Å². The molecule has 1 atom stereocenters. The molecule has 0 bridgehead atoms. The Morgan fingerprint density at radius 1 is 1.54 bits per heavy atom. The van der Waals surface area contributed by atoms with Crippen molar-refractivity contribution in [2.75, 3.05) is 6.54 Å². The SMILES string of the molecule is CC(CN)Cc1c(F)cccc1Cl. The molecule has 0 aliphatic heterocycles. The van der Waals surface area contributed by atoms with E-state index in [1.165, 1.54) is 6.07 Å². The third-order valence-electron chi connectivity index (χ3n) is 2.02. The Hall–Kier alpha value is -0.600. The lowest BCUT2D eigenvalue weighted by Crippen LogP contribution is -2.14. The Bertz CT molecular complexity index is 268. The van der Waals surface area contributed by atoms with E-state index >= 15 is 0 Å². The van der Waals surface area contributed by atoms with Gasteiger partial charge in [0, 0.05) is 10.6 Å². The predicted molar refractivity (Wildman–Crippen MR) is 53.3 cm³/mol. The summed E-state index contributed by atoms with van der Waals surface area (Å²) in [5, 5.41) is 0.486. The molecule has 0 aliphatic carbocycles. The van der Waals surface area contributed by atoms with Crippen LogP contribution in [0.1, 0.15) is 12.5 Å². The molecule has 0 fully saturated rings. The maximum atomic E-state index is 13.2. The van der Waals surface area contributed by atoms with Crippen molar-refractivity contribution in [3.05, 3.63) is 34.6 Å². The van der Waals surface area contributed by atoms with E-state index in [1.807, 2.05) is 6.92 Å². The molecule has 0 radical (unpaired) electrons. The molecule has 3 heteroatoms. The summed E-state index contributed by atoms with van der Waals surface area (Å²) < 4.78 is 13.2. The van der Waals surface area contributed by atoms with Gasteiger partial charge in [-0.1, -0.05) is 24.6 Å². The van der Waals surface area contributed by atoms with E-state index in [2.05, 4.69) is 0 Å². The summed E-state index contributed by atoms with van der Waals surface area (Å²) in [6, 6.07) is 4.72. The van der Waals surface area contributed by atoms with Crippen LogP contribution in [0.15, 0.2) is 18.2 Å². The Labute approximate surface area is 82.7 Å². The molecule has 1 aromatic carbocycles. The topological polar surface area (TPSA) is 26.0 Å². The molecule has 1 unspecified atom stereocenters. The number of halogens is 2. The molecule has 0 spiro atoms. The van der Waals surface area contributed by atoms with Crippen LogP contribution in [-0.4, -0.2) is 6.54 Å². The predicted octanol–water partition coefficient (Wildman–Crippen LogP) is 2.62. The van der Waals surface area contributed by atoms with Crippen LogP contribution in [0.25, 0.3) is 0 Å². The highest BCUT2D eigenvalue weighted by Gasteiger charge is 2.09. The minimum Gasteiger partial charge on any atom is -0.330 e. The second-order valence-corrected chi connectivity index (χ2v) is 3.65. The lowest BCUT2D eigenvalue weighted by atomic mass is 10.0. The number of nitrogens with two attached hydrogens (primary N) is 1. The van der Waals surface area contributed by atoms with Gasteiger partial charge in [-0.2, -0.15) is 0 Å². The third-order valence-corrected chi connectivity index (χ3v) is 2.37. The van der Waals surface area contributed by atoms with Crippen LogP contribution in [0.3, 0.4) is 0 Å². The van der Waals surface area contributed by atoms with E-state index in [-0.39, 0.29) is 11.7 Å². The molecule has 0 saturated heterocycles. The fourth-order valence-corrected chi connectivity index (χ4v) is 1.40. The molecule has 0 saturated carbocycles. The normalized spacial score (nSPS) is 12.9. The van der Waals surface area contributed by atoms with Gasteiger partial charge < -0.3 is 5.73 Å². The van der Waals surface area contributed by atoms with Gasteiger partial charge in [-0.15, -0.1) is 0 Å². The van der Waals surface area contributed by atoms with Gasteiger partial charge in [0.1, 0.15) is 5.82 Å². The maximum Gasteiger partial charge on any atom is 0.127 e. The molecular formula is C10H13ClFN. The summed E-state index contributed by atoms with van der Waals surface area (Å²) in [7, 11) is 0. The maximum absolute atomic E-state index is 13.2. The van der Waals surface area contributed by atoms with Crippen molar-refractivity contribution in [1.82, 2.24) is 0 Å². The van der Waals surface area contributed by atoms with E-state index in [0.717, 1.165) is 0 Å². The fraction of sp³-hybridized carbons (Fsp3) is 0.400. The van der Waals surface area contributed by atoms with Gasteiger partial charge in [0.25, 0.3) is 0 Å². The molecule has 13 heavy (non-hydrogen) atoms. The van der Waals surface area contributed by atoms with E-state index in [0.29, 0.717) is 23.6 Å². The molecule has 0 amide bonds. The zero-order valence-electron chi connectivity index (χ0n) is 7.56. The number of hydrogen-bond donors (Lipinski definition) is 1. The van der Waals surface area contributed by atoms with Gasteiger partial charge >= 0.3 is 0 Å². The summed E-state index contributed by atoms with van der Waals surface area (Å²) in [4.78, 5) is 0. The van der Waals surface area contributed by atoms with Gasteiger partial charge in [-0.3, -0.25) is 0 Å². The number of rotatable bonds is 3. The Balaban J connectivity index is 2.87. The van der Waals surface area contributed by atoms with Crippen molar-refractivity contribution < 1.29 is 4.39 Å². The van der Waals surface area contributed by atoms with Crippen LogP contribution >= 0.6 is 11.6 Å². The Morgan fingerprint density at radius 2 is 2.23 bits per heavy atom. The van der Waals surface area contributed by atoms with Crippen LogP contribution in [0.2, 0.25) is 5.02 Å². The first-order chi connectivity index (χ1) is 6.15. The second kappa shape index (κ2) is 4.58. The molecule has 0 aromatic heterocycles. The largest absolute Gasteiger partial charge is 0.330 e. The average molecular weight is 202 g/mol. The zero-order chi connectivity index (χ0) is 9.84. The first-order valence-corrected chi connectivity index (χ1v) is 4.66. The Morgan fingerprint density at radius 3 is 2.77 bits per heavy atom. The molecule has 72 valence electrons.